The molecule has 0 unspecified atom stereocenters. The predicted molar refractivity (Wildman–Crippen MR) is 53.6 cm³/mol. The summed E-state index contributed by atoms with van der Waals surface area (Å²) in [5, 5.41) is 20.9. The van der Waals surface area contributed by atoms with Crippen molar-refractivity contribution in [3.05, 3.63) is 0 Å². The van der Waals surface area contributed by atoms with Gasteiger partial charge in [0.25, 0.3) is 0 Å². The minimum absolute atomic E-state index is 0.0344. The summed E-state index contributed by atoms with van der Waals surface area (Å²) in [6.45, 7) is 2.83. The fraction of sp³-hybridized carbons (Fsp3) is 0.800. The van der Waals surface area contributed by atoms with Crippen LogP contribution in [0.15, 0.2) is 0 Å². The van der Waals surface area contributed by atoms with Crippen LogP contribution in [0.25, 0.3) is 0 Å². The molecular formula is C10H17NO4. The number of carboxylic acid groups (broad SMARTS) is 2. The molecular weight excluding hydrogens is 198 g/mol. The van der Waals surface area contributed by atoms with Gasteiger partial charge in [0.05, 0.1) is 11.8 Å². The predicted octanol–water partition coefficient (Wildman–Crippen LogP) is 0.550. The van der Waals surface area contributed by atoms with Crippen molar-refractivity contribution in [3.8, 4) is 0 Å². The van der Waals surface area contributed by atoms with Crippen LogP contribution in [0.3, 0.4) is 0 Å². The van der Waals surface area contributed by atoms with Gasteiger partial charge in [-0.25, -0.2) is 0 Å². The highest BCUT2D eigenvalue weighted by Crippen LogP contribution is 2.32. The summed E-state index contributed by atoms with van der Waals surface area (Å²) in [5.74, 6) is -3.47. The van der Waals surface area contributed by atoms with E-state index >= 15 is 0 Å². The Morgan fingerprint density at radius 1 is 1.20 bits per heavy atom. The minimum Gasteiger partial charge on any atom is -0.481 e. The van der Waals surface area contributed by atoms with Gasteiger partial charge in [0, 0.05) is 6.04 Å². The Kier molecular flexibility index (Phi) is 4.08. The van der Waals surface area contributed by atoms with Gasteiger partial charge < -0.3 is 15.5 Å². The smallest absolute Gasteiger partial charge is 0.307 e. The summed E-state index contributed by atoms with van der Waals surface area (Å²) >= 11 is 0. The van der Waals surface area contributed by atoms with Crippen molar-refractivity contribution in [2.24, 2.45) is 11.8 Å². The van der Waals surface area contributed by atoms with Crippen molar-refractivity contribution in [2.75, 3.05) is 6.54 Å². The van der Waals surface area contributed by atoms with E-state index in [9.17, 15) is 9.59 Å². The Morgan fingerprint density at radius 2 is 1.67 bits per heavy atom. The quantitative estimate of drug-likeness (QED) is 0.623. The average molecular weight is 215 g/mol. The van der Waals surface area contributed by atoms with E-state index in [2.05, 4.69) is 5.32 Å². The van der Waals surface area contributed by atoms with Gasteiger partial charge in [0.15, 0.2) is 0 Å². The fourth-order valence-corrected chi connectivity index (χ4v) is 2.10. The molecule has 0 spiro atoms. The molecule has 1 saturated carbocycles. The number of carbonyl (C=O) groups is 2. The first-order valence-electron chi connectivity index (χ1n) is 5.25. The third kappa shape index (κ3) is 2.92. The number of hydrogen-bond acceptors (Lipinski definition) is 3. The number of hydrogen-bond donors (Lipinski definition) is 3. The summed E-state index contributed by atoms with van der Waals surface area (Å²) in [4.78, 5) is 21.7. The molecule has 2 atom stereocenters. The Balaban J connectivity index is 2.57. The maximum absolute atomic E-state index is 10.8. The summed E-state index contributed by atoms with van der Waals surface area (Å²) < 4.78 is 0. The maximum atomic E-state index is 10.8. The topological polar surface area (TPSA) is 86.6 Å². The first-order valence-corrected chi connectivity index (χ1v) is 5.25. The van der Waals surface area contributed by atoms with Crippen LogP contribution >= 0.6 is 0 Å². The zero-order valence-corrected chi connectivity index (χ0v) is 8.77. The second-order valence-corrected chi connectivity index (χ2v) is 4.01. The lowest BCUT2D eigenvalue weighted by Crippen LogP contribution is -2.27. The molecule has 0 saturated heterocycles. The first-order chi connectivity index (χ1) is 7.06. The van der Waals surface area contributed by atoms with Crippen LogP contribution in [0.2, 0.25) is 0 Å². The van der Waals surface area contributed by atoms with Crippen LogP contribution in [0.1, 0.15) is 26.2 Å². The molecule has 86 valence electrons. The van der Waals surface area contributed by atoms with E-state index in [1.54, 1.807) is 0 Å². The molecule has 1 aliphatic carbocycles. The van der Waals surface area contributed by atoms with Crippen molar-refractivity contribution < 1.29 is 19.8 Å². The molecule has 5 nitrogen and oxygen atoms in total. The molecule has 15 heavy (non-hydrogen) atoms. The molecule has 0 bridgehead atoms. The van der Waals surface area contributed by atoms with E-state index in [1.807, 2.05) is 6.92 Å². The normalized spacial score (nSPS) is 26.7. The van der Waals surface area contributed by atoms with Gasteiger partial charge in [-0.3, -0.25) is 9.59 Å². The van der Waals surface area contributed by atoms with E-state index in [0.717, 1.165) is 13.0 Å². The lowest BCUT2D eigenvalue weighted by Gasteiger charge is -2.10. The zero-order chi connectivity index (χ0) is 11.4. The van der Waals surface area contributed by atoms with Crippen LogP contribution in [-0.4, -0.2) is 34.7 Å². The number of aliphatic carboxylic acids is 2. The number of carboxylic acids is 2. The lowest BCUT2D eigenvalue weighted by atomic mass is 9.97. The monoisotopic (exact) mass is 215 g/mol. The average Bonchev–Trinajstić information content (AvgIpc) is 2.58. The van der Waals surface area contributed by atoms with E-state index in [-0.39, 0.29) is 6.04 Å². The standard InChI is InChI=1S/C10H17NO4/c1-2-3-11-6-4-7(9(12)13)8(5-6)10(14)15/h6-8,11H,2-5H2,1H3,(H,12,13)(H,14,15)/t7-,8-/m1/s1. The zero-order valence-electron chi connectivity index (χ0n) is 8.77. The van der Waals surface area contributed by atoms with Crippen molar-refractivity contribution in [1.29, 1.82) is 0 Å². The molecule has 0 aromatic rings. The number of nitrogens with one attached hydrogen (secondary N) is 1. The second kappa shape index (κ2) is 5.11. The lowest BCUT2D eigenvalue weighted by molar-refractivity contribution is -0.152. The van der Waals surface area contributed by atoms with E-state index in [1.165, 1.54) is 0 Å². The van der Waals surface area contributed by atoms with Gasteiger partial charge in [-0.05, 0) is 25.8 Å². The molecule has 0 heterocycles. The molecule has 1 rings (SSSR count). The molecule has 5 heteroatoms. The summed E-state index contributed by atoms with van der Waals surface area (Å²) in [6.07, 6.45) is 1.81. The first kappa shape index (κ1) is 12.0. The Bertz CT molecular complexity index is 232. The molecule has 1 aliphatic rings. The van der Waals surface area contributed by atoms with Gasteiger partial charge in [-0.2, -0.15) is 0 Å². The van der Waals surface area contributed by atoms with Crippen molar-refractivity contribution in [3.63, 3.8) is 0 Å². The SMILES string of the molecule is CCCNC1C[C@@H](C(=O)O)[C@H](C(=O)O)C1. The van der Waals surface area contributed by atoms with Crippen LogP contribution in [0, 0.1) is 11.8 Å². The van der Waals surface area contributed by atoms with E-state index in [0.29, 0.717) is 12.8 Å². The van der Waals surface area contributed by atoms with Crippen LogP contribution in [0.5, 0.6) is 0 Å². The van der Waals surface area contributed by atoms with Crippen LogP contribution in [0.4, 0.5) is 0 Å². The molecule has 1 fully saturated rings. The third-order valence-electron chi connectivity index (χ3n) is 2.88. The van der Waals surface area contributed by atoms with E-state index < -0.39 is 23.8 Å². The summed E-state index contributed by atoms with van der Waals surface area (Å²) in [6, 6.07) is 0.0344. The fourth-order valence-electron chi connectivity index (χ4n) is 2.10. The Labute approximate surface area is 88.5 Å². The van der Waals surface area contributed by atoms with Crippen LogP contribution < -0.4 is 5.32 Å². The van der Waals surface area contributed by atoms with Crippen molar-refractivity contribution >= 4 is 11.9 Å². The molecule has 0 radical (unpaired) electrons. The van der Waals surface area contributed by atoms with Gasteiger partial charge >= 0.3 is 11.9 Å². The molecule has 0 aliphatic heterocycles. The molecule has 0 aromatic carbocycles. The maximum Gasteiger partial charge on any atom is 0.307 e. The van der Waals surface area contributed by atoms with E-state index in [4.69, 9.17) is 10.2 Å². The second-order valence-electron chi connectivity index (χ2n) is 4.01. The van der Waals surface area contributed by atoms with Gasteiger partial charge in [0.1, 0.15) is 0 Å². The largest absolute Gasteiger partial charge is 0.481 e. The molecule has 3 N–H and O–H groups in total. The minimum atomic E-state index is -0.997. The highest BCUT2D eigenvalue weighted by atomic mass is 16.4. The molecule has 0 aromatic heterocycles. The van der Waals surface area contributed by atoms with Crippen LogP contribution in [-0.2, 0) is 9.59 Å². The van der Waals surface area contributed by atoms with Crippen molar-refractivity contribution in [1.82, 2.24) is 5.32 Å². The summed E-state index contributed by atoms with van der Waals surface area (Å²) in [7, 11) is 0. The summed E-state index contributed by atoms with van der Waals surface area (Å²) in [5.41, 5.74) is 0. The van der Waals surface area contributed by atoms with Gasteiger partial charge in [0.2, 0.25) is 0 Å². The number of rotatable bonds is 5. The highest BCUT2D eigenvalue weighted by Gasteiger charge is 2.42. The highest BCUT2D eigenvalue weighted by molar-refractivity contribution is 5.80. The van der Waals surface area contributed by atoms with Crippen molar-refractivity contribution in [2.45, 2.75) is 32.2 Å². The van der Waals surface area contributed by atoms with Gasteiger partial charge in [-0.15, -0.1) is 0 Å². The third-order valence-corrected chi connectivity index (χ3v) is 2.88. The molecule has 0 amide bonds. The Morgan fingerprint density at radius 3 is 2.00 bits per heavy atom. The Hall–Kier alpha value is -1.10. The van der Waals surface area contributed by atoms with Gasteiger partial charge in [-0.1, -0.05) is 6.92 Å².